The zero-order valence-corrected chi connectivity index (χ0v) is 11.4. The Bertz CT molecular complexity index is 415. The lowest BCUT2D eigenvalue weighted by Gasteiger charge is -2.18. The van der Waals surface area contributed by atoms with Crippen molar-refractivity contribution in [2.24, 2.45) is 5.41 Å². The largest absolute Gasteiger partial charge is 0.0991 e. The van der Waals surface area contributed by atoms with E-state index in [1.54, 1.807) is 12.2 Å². The van der Waals surface area contributed by atoms with Crippen LogP contribution in [0.2, 0.25) is 0 Å². The van der Waals surface area contributed by atoms with Gasteiger partial charge in [-0.25, -0.2) is 0 Å². The molecule has 0 aliphatic carbocycles. The average Bonchev–Trinajstić information content (AvgIpc) is 2.32. The van der Waals surface area contributed by atoms with Gasteiger partial charge >= 0.3 is 0 Å². The highest BCUT2D eigenvalue weighted by Crippen LogP contribution is 2.24. The molecule has 0 rings (SSSR count). The Morgan fingerprint density at radius 3 is 2.29 bits per heavy atom. The predicted molar refractivity (Wildman–Crippen MR) is 78.6 cm³/mol. The molecule has 0 bridgehead atoms. The second-order valence-corrected chi connectivity index (χ2v) is 4.29. The van der Waals surface area contributed by atoms with Gasteiger partial charge < -0.3 is 0 Å². The molecular weight excluding hydrogens is 204 g/mol. The van der Waals surface area contributed by atoms with Gasteiger partial charge in [-0.1, -0.05) is 61.0 Å². The summed E-state index contributed by atoms with van der Waals surface area (Å²) in [5, 5.41) is 0. The van der Waals surface area contributed by atoms with E-state index >= 15 is 0 Å². The van der Waals surface area contributed by atoms with Crippen LogP contribution in [-0.4, -0.2) is 0 Å². The van der Waals surface area contributed by atoms with Crippen LogP contribution in [0.4, 0.5) is 0 Å². The fourth-order valence-corrected chi connectivity index (χ4v) is 1.09. The molecule has 0 aliphatic rings. The first kappa shape index (κ1) is 15.3. The van der Waals surface area contributed by atoms with E-state index in [4.69, 9.17) is 0 Å². The smallest absolute Gasteiger partial charge is 0.0467 e. The van der Waals surface area contributed by atoms with Gasteiger partial charge in [0, 0.05) is 11.0 Å². The van der Waals surface area contributed by atoms with Gasteiger partial charge in [-0.05, 0) is 33.8 Å². The summed E-state index contributed by atoms with van der Waals surface area (Å²) in [6, 6.07) is 0. The first-order valence-corrected chi connectivity index (χ1v) is 5.76. The summed E-state index contributed by atoms with van der Waals surface area (Å²) in [5.74, 6) is 6.42. The van der Waals surface area contributed by atoms with Crippen molar-refractivity contribution in [2.75, 3.05) is 0 Å². The number of hydrogen-bond acceptors (Lipinski definition) is 0. The van der Waals surface area contributed by atoms with Gasteiger partial charge in [0.1, 0.15) is 0 Å². The summed E-state index contributed by atoms with van der Waals surface area (Å²) in [6.07, 6.45) is 11.3. The Morgan fingerprint density at radius 1 is 1.18 bits per heavy atom. The molecule has 0 saturated carbocycles. The van der Waals surface area contributed by atoms with E-state index in [1.165, 1.54) is 5.57 Å². The van der Waals surface area contributed by atoms with Crippen molar-refractivity contribution in [2.45, 2.75) is 27.7 Å². The molecule has 0 saturated heterocycles. The fraction of sp³-hybridized carbons (Fsp3) is 0.294. The van der Waals surface area contributed by atoms with E-state index in [9.17, 15) is 0 Å². The minimum Gasteiger partial charge on any atom is -0.0991 e. The Labute approximate surface area is 106 Å². The van der Waals surface area contributed by atoms with Crippen LogP contribution in [0.25, 0.3) is 0 Å². The van der Waals surface area contributed by atoms with Crippen molar-refractivity contribution in [1.82, 2.24) is 0 Å². The molecule has 0 heterocycles. The minimum absolute atomic E-state index is 0.0982. The van der Waals surface area contributed by atoms with Crippen molar-refractivity contribution in [3.63, 3.8) is 0 Å². The van der Waals surface area contributed by atoms with Gasteiger partial charge in [0.2, 0.25) is 0 Å². The molecule has 0 radical (unpaired) electrons. The lowest BCUT2D eigenvalue weighted by Crippen LogP contribution is -2.09. The third-order valence-electron chi connectivity index (χ3n) is 2.68. The Morgan fingerprint density at radius 2 is 1.82 bits per heavy atom. The molecule has 0 nitrogen and oxygen atoms in total. The predicted octanol–water partition coefficient (Wildman–Crippen LogP) is 4.84. The summed E-state index contributed by atoms with van der Waals surface area (Å²) in [4.78, 5) is 0. The molecule has 90 valence electrons. The van der Waals surface area contributed by atoms with Gasteiger partial charge in [-0.3, -0.25) is 0 Å². The molecular formula is C17H22. The standard InChI is InChI=1S/C17H22/c1-7-10-11-12-16(9-3)13-14-17(5,6)15(4)8-2/h7-12H,1,3H2,2,4-6H3/b11-10-,15-8+,16-12+. The quantitative estimate of drug-likeness (QED) is 0.365. The molecule has 0 heteroatoms. The molecule has 0 spiro atoms. The number of hydrogen-bond donors (Lipinski definition) is 0. The summed E-state index contributed by atoms with van der Waals surface area (Å²) in [5.41, 5.74) is 2.09. The van der Waals surface area contributed by atoms with E-state index in [0.29, 0.717) is 0 Å². The Kier molecular flexibility index (Phi) is 6.75. The molecule has 0 amide bonds. The van der Waals surface area contributed by atoms with Crippen molar-refractivity contribution in [3.05, 3.63) is 60.8 Å². The summed E-state index contributed by atoms with van der Waals surface area (Å²) < 4.78 is 0. The maximum Gasteiger partial charge on any atom is 0.0467 e. The zero-order valence-electron chi connectivity index (χ0n) is 11.4. The van der Waals surface area contributed by atoms with Gasteiger partial charge in [0.25, 0.3) is 0 Å². The van der Waals surface area contributed by atoms with Crippen molar-refractivity contribution in [1.29, 1.82) is 0 Å². The van der Waals surface area contributed by atoms with Crippen molar-refractivity contribution < 1.29 is 0 Å². The maximum absolute atomic E-state index is 3.76. The molecule has 0 aromatic carbocycles. The van der Waals surface area contributed by atoms with Gasteiger partial charge in [0.15, 0.2) is 0 Å². The van der Waals surface area contributed by atoms with Crippen LogP contribution in [0.1, 0.15) is 27.7 Å². The molecule has 0 atom stereocenters. The van der Waals surface area contributed by atoms with E-state index < -0.39 is 0 Å². The molecule has 0 unspecified atom stereocenters. The van der Waals surface area contributed by atoms with Crippen molar-refractivity contribution in [3.8, 4) is 11.8 Å². The first-order valence-electron chi connectivity index (χ1n) is 5.76. The van der Waals surface area contributed by atoms with E-state index in [2.05, 4.69) is 51.8 Å². The fourth-order valence-electron chi connectivity index (χ4n) is 1.09. The second-order valence-electron chi connectivity index (χ2n) is 4.29. The second kappa shape index (κ2) is 7.52. The molecule has 0 aromatic rings. The summed E-state index contributed by atoms with van der Waals surface area (Å²) in [6.45, 7) is 15.8. The number of rotatable bonds is 4. The third kappa shape index (κ3) is 5.78. The van der Waals surface area contributed by atoms with Crippen molar-refractivity contribution >= 4 is 0 Å². The normalized spacial score (nSPS) is 13.2. The van der Waals surface area contributed by atoms with Gasteiger partial charge in [-0.2, -0.15) is 0 Å². The lowest BCUT2D eigenvalue weighted by atomic mass is 9.85. The van der Waals surface area contributed by atoms with Crippen LogP contribution < -0.4 is 0 Å². The molecule has 0 N–H and O–H groups in total. The molecule has 0 aromatic heterocycles. The van der Waals surface area contributed by atoms with Crippen LogP contribution in [-0.2, 0) is 0 Å². The van der Waals surface area contributed by atoms with Crippen LogP contribution in [0, 0.1) is 17.3 Å². The SMILES string of the molecule is C=C/C=C\C=C(\C#CC(C)(C)/C(C)=C/C)C=C. The van der Waals surface area contributed by atoms with Crippen LogP contribution in [0.5, 0.6) is 0 Å². The number of allylic oxidation sites excluding steroid dienone is 8. The average molecular weight is 226 g/mol. The molecule has 0 aliphatic heterocycles. The zero-order chi connectivity index (χ0) is 13.3. The van der Waals surface area contributed by atoms with Crippen LogP contribution >= 0.6 is 0 Å². The van der Waals surface area contributed by atoms with Crippen LogP contribution in [0.3, 0.4) is 0 Å². The summed E-state index contributed by atoms with van der Waals surface area (Å²) in [7, 11) is 0. The van der Waals surface area contributed by atoms with Gasteiger partial charge in [-0.15, -0.1) is 0 Å². The third-order valence-corrected chi connectivity index (χ3v) is 2.68. The van der Waals surface area contributed by atoms with Gasteiger partial charge in [0.05, 0.1) is 0 Å². The first-order chi connectivity index (χ1) is 7.97. The van der Waals surface area contributed by atoms with E-state index in [0.717, 1.165) is 5.57 Å². The Balaban J connectivity index is 5.05. The molecule has 17 heavy (non-hydrogen) atoms. The Hall–Kier alpha value is -1.74. The minimum atomic E-state index is -0.0982. The highest BCUT2D eigenvalue weighted by molar-refractivity contribution is 5.42. The van der Waals surface area contributed by atoms with E-state index in [1.807, 2.05) is 25.2 Å². The topological polar surface area (TPSA) is 0 Å². The lowest BCUT2D eigenvalue weighted by molar-refractivity contribution is 0.605. The highest BCUT2D eigenvalue weighted by Gasteiger charge is 2.15. The summed E-state index contributed by atoms with van der Waals surface area (Å²) >= 11 is 0. The monoisotopic (exact) mass is 226 g/mol. The molecule has 0 fully saturated rings. The maximum atomic E-state index is 3.76. The highest BCUT2D eigenvalue weighted by atomic mass is 14.2. The van der Waals surface area contributed by atoms with E-state index in [-0.39, 0.29) is 5.41 Å². The van der Waals surface area contributed by atoms with Crippen LogP contribution in [0.15, 0.2) is 60.8 Å².